The molecule has 0 aliphatic carbocycles. The fraction of sp³-hybridized carbons (Fsp3) is 0.625. The molecule has 0 radical (unpaired) electrons. The summed E-state index contributed by atoms with van der Waals surface area (Å²) in [5.41, 5.74) is 9.22. The first-order chi connectivity index (χ1) is 7.31. The van der Waals surface area contributed by atoms with Gasteiger partial charge < -0.3 is 26.8 Å². The van der Waals surface area contributed by atoms with Gasteiger partial charge in [0.25, 0.3) is 0 Å². The molecule has 0 fully saturated rings. The highest BCUT2D eigenvalue weighted by Crippen LogP contribution is 1.89. The van der Waals surface area contributed by atoms with E-state index < -0.39 is 30.4 Å². The summed E-state index contributed by atoms with van der Waals surface area (Å²) in [7, 11) is 0. The number of hydrogen-bond donors (Lipinski definition) is 5. The number of carbonyl (C=O) groups excluding carboxylic acids is 1. The molecular weight excluding hydrogens is 220 g/mol. The molecule has 8 nitrogen and oxygen atoms in total. The second kappa shape index (κ2) is 13.3. The molecule has 0 heterocycles. The van der Waals surface area contributed by atoms with Gasteiger partial charge in [0.2, 0.25) is 5.91 Å². The van der Waals surface area contributed by atoms with Crippen molar-refractivity contribution >= 4 is 17.8 Å². The number of nitrogens with two attached hydrogens (primary N) is 2. The highest BCUT2D eigenvalue weighted by Gasteiger charge is 2.16. The van der Waals surface area contributed by atoms with Gasteiger partial charge in [-0.2, -0.15) is 0 Å². The lowest BCUT2D eigenvalue weighted by atomic mass is 10.3. The van der Waals surface area contributed by atoms with Gasteiger partial charge in [-0.3, -0.25) is 9.59 Å². The van der Waals surface area contributed by atoms with Crippen LogP contribution in [0.4, 0.5) is 0 Å². The largest absolute Gasteiger partial charge is 0.481 e. The van der Waals surface area contributed by atoms with Crippen LogP contribution in [0.3, 0.4) is 0 Å². The van der Waals surface area contributed by atoms with E-state index in [4.69, 9.17) is 21.1 Å². The van der Waals surface area contributed by atoms with E-state index in [1.807, 2.05) is 13.8 Å². The third-order valence-corrected chi connectivity index (χ3v) is 0.854. The lowest BCUT2D eigenvalue weighted by Crippen LogP contribution is -2.22. The number of aliphatic carboxylic acids is 2. The Labute approximate surface area is 92.9 Å². The fourth-order valence-electron chi connectivity index (χ4n) is 0.253. The Kier molecular flexibility index (Phi) is 16.5. The van der Waals surface area contributed by atoms with Crippen LogP contribution in [0.1, 0.15) is 20.3 Å². The molecule has 8 heteroatoms. The molecule has 0 aromatic carbocycles. The number of rotatable bonds is 4. The van der Waals surface area contributed by atoms with Gasteiger partial charge in [-0.15, -0.1) is 0 Å². The number of aliphatic hydroxyl groups is 1. The molecule has 0 rings (SSSR count). The number of hydrogen-bond acceptors (Lipinski definition) is 5. The van der Waals surface area contributed by atoms with E-state index in [1.54, 1.807) is 0 Å². The van der Waals surface area contributed by atoms with Crippen LogP contribution >= 0.6 is 0 Å². The van der Waals surface area contributed by atoms with Crippen molar-refractivity contribution in [2.45, 2.75) is 26.4 Å². The highest BCUT2D eigenvalue weighted by atomic mass is 16.4. The minimum Gasteiger partial charge on any atom is -0.481 e. The maximum absolute atomic E-state index is 9.72. The molecular formula is C8H18N2O6. The van der Waals surface area contributed by atoms with Crippen LogP contribution in [-0.2, 0) is 14.4 Å². The average molecular weight is 238 g/mol. The third-order valence-electron chi connectivity index (χ3n) is 0.854. The number of carboxylic acid groups (broad SMARTS) is 2. The van der Waals surface area contributed by atoms with Crippen molar-refractivity contribution in [2.24, 2.45) is 11.5 Å². The second-order valence-electron chi connectivity index (χ2n) is 2.12. The van der Waals surface area contributed by atoms with Crippen LogP contribution in [0, 0.1) is 0 Å². The molecule has 7 N–H and O–H groups in total. The Hall–Kier alpha value is -1.67. The van der Waals surface area contributed by atoms with Crippen molar-refractivity contribution in [3.63, 3.8) is 0 Å². The molecule has 0 spiro atoms. The molecule has 0 aromatic heterocycles. The predicted molar refractivity (Wildman–Crippen MR) is 55.5 cm³/mol. The number of carboxylic acids is 2. The van der Waals surface area contributed by atoms with E-state index in [0.717, 1.165) is 0 Å². The Morgan fingerprint density at radius 1 is 1.19 bits per heavy atom. The van der Waals surface area contributed by atoms with Crippen molar-refractivity contribution < 1.29 is 29.7 Å². The van der Waals surface area contributed by atoms with Crippen molar-refractivity contribution in [1.29, 1.82) is 0 Å². The zero-order valence-electron chi connectivity index (χ0n) is 9.21. The highest BCUT2D eigenvalue weighted by molar-refractivity contribution is 5.79. The second-order valence-corrected chi connectivity index (χ2v) is 2.12. The molecule has 96 valence electrons. The Bertz CT molecular complexity index is 219. The topological polar surface area (TPSA) is 164 Å². The SMILES string of the molecule is CC.NCC(N)=O.O=C(O)CC(O)C(=O)O. The van der Waals surface area contributed by atoms with Crippen LogP contribution in [0.5, 0.6) is 0 Å². The maximum Gasteiger partial charge on any atom is 0.333 e. The summed E-state index contributed by atoms with van der Waals surface area (Å²) < 4.78 is 0. The molecule has 16 heavy (non-hydrogen) atoms. The van der Waals surface area contributed by atoms with Gasteiger partial charge in [0.1, 0.15) is 0 Å². The first-order valence-corrected chi connectivity index (χ1v) is 4.42. The molecule has 0 aromatic rings. The number of amides is 1. The van der Waals surface area contributed by atoms with Gasteiger partial charge in [-0.1, -0.05) is 13.8 Å². The van der Waals surface area contributed by atoms with E-state index in [1.165, 1.54) is 0 Å². The van der Waals surface area contributed by atoms with Crippen LogP contribution in [-0.4, -0.2) is 45.8 Å². The zero-order chi connectivity index (χ0) is 13.7. The van der Waals surface area contributed by atoms with Crippen molar-refractivity contribution in [2.75, 3.05) is 6.54 Å². The molecule has 0 aliphatic rings. The van der Waals surface area contributed by atoms with Gasteiger partial charge in [0.05, 0.1) is 13.0 Å². The molecule has 0 saturated carbocycles. The maximum atomic E-state index is 9.72. The van der Waals surface area contributed by atoms with Gasteiger partial charge in [-0.05, 0) is 0 Å². The Morgan fingerprint density at radius 2 is 1.50 bits per heavy atom. The lowest BCUT2D eigenvalue weighted by molar-refractivity contribution is -0.152. The minimum absolute atomic E-state index is 0.0556. The van der Waals surface area contributed by atoms with Gasteiger partial charge >= 0.3 is 11.9 Å². The first kappa shape index (κ1) is 19.8. The number of carbonyl (C=O) groups is 3. The molecule has 1 unspecified atom stereocenters. The minimum atomic E-state index is -1.79. The van der Waals surface area contributed by atoms with Crippen LogP contribution in [0.15, 0.2) is 0 Å². The summed E-state index contributed by atoms with van der Waals surface area (Å²) in [5, 5.41) is 24.1. The number of primary amides is 1. The monoisotopic (exact) mass is 238 g/mol. The standard InChI is InChI=1S/C4H6O5.C2H6N2O.C2H6/c5-2(4(8)9)1-3(6)7;3-1-2(4)5;1-2/h2,5H,1H2,(H,6,7)(H,8,9);1,3H2,(H2,4,5);1-2H3. The summed E-state index contributed by atoms with van der Waals surface area (Å²) in [6.45, 7) is 3.94. The smallest absolute Gasteiger partial charge is 0.333 e. The van der Waals surface area contributed by atoms with Gasteiger partial charge in [0.15, 0.2) is 6.10 Å². The lowest BCUT2D eigenvalue weighted by Gasteiger charge is -1.97. The van der Waals surface area contributed by atoms with Crippen LogP contribution in [0.2, 0.25) is 0 Å². The van der Waals surface area contributed by atoms with Crippen molar-refractivity contribution in [3.05, 3.63) is 0 Å². The average Bonchev–Trinajstić information content (AvgIpc) is 2.20. The summed E-state index contributed by atoms with van der Waals surface area (Å²) in [5.74, 6) is -3.31. The summed E-state index contributed by atoms with van der Waals surface area (Å²) in [6.07, 6.45) is -2.54. The van der Waals surface area contributed by atoms with E-state index >= 15 is 0 Å². The summed E-state index contributed by atoms with van der Waals surface area (Å²) >= 11 is 0. The first-order valence-electron chi connectivity index (χ1n) is 4.42. The molecule has 0 saturated heterocycles. The van der Waals surface area contributed by atoms with Crippen LogP contribution in [0.25, 0.3) is 0 Å². The fourth-order valence-corrected chi connectivity index (χ4v) is 0.253. The third kappa shape index (κ3) is 22.8. The normalized spacial score (nSPS) is 9.75. The Balaban J connectivity index is -0.000000205. The number of aliphatic hydroxyl groups excluding tert-OH is 1. The molecule has 0 aliphatic heterocycles. The van der Waals surface area contributed by atoms with Crippen molar-refractivity contribution in [1.82, 2.24) is 0 Å². The predicted octanol–water partition coefficient (Wildman–Crippen LogP) is -1.64. The van der Waals surface area contributed by atoms with Crippen molar-refractivity contribution in [3.8, 4) is 0 Å². The Morgan fingerprint density at radius 3 is 1.56 bits per heavy atom. The van der Waals surface area contributed by atoms with Gasteiger partial charge in [-0.25, -0.2) is 4.79 Å². The van der Waals surface area contributed by atoms with E-state index in [9.17, 15) is 14.4 Å². The molecule has 1 atom stereocenters. The quantitative estimate of drug-likeness (QED) is 0.392. The van der Waals surface area contributed by atoms with Gasteiger partial charge in [0, 0.05) is 0 Å². The summed E-state index contributed by atoms with van der Waals surface area (Å²) in [4.78, 5) is 28.9. The molecule has 1 amide bonds. The van der Waals surface area contributed by atoms with E-state index in [-0.39, 0.29) is 6.54 Å². The zero-order valence-corrected chi connectivity index (χ0v) is 9.21. The summed E-state index contributed by atoms with van der Waals surface area (Å²) in [6, 6.07) is 0. The molecule has 0 bridgehead atoms. The van der Waals surface area contributed by atoms with E-state index in [2.05, 4.69) is 5.73 Å². The van der Waals surface area contributed by atoms with E-state index in [0.29, 0.717) is 0 Å². The van der Waals surface area contributed by atoms with Crippen LogP contribution < -0.4 is 11.5 Å².